The predicted molar refractivity (Wildman–Crippen MR) is 104 cm³/mol. The number of aryl methyl sites for hydroxylation is 1. The van der Waals surface area contributed by atoms with E-state index < -0.39 is 35.7 Å². The molecule has 0 radical (unpaired) electrons. The topological polar surface area (TPSA) is 145 Å². The molecule has 1 aromatic carbocycles. The molecule has 150 valence electrons. The molecule has 0 aliphatic carbocycles. The molecule has 0 amide bonds. The van der Waals surface area contributed by atoms with Crippen LogP contribution in [0, 0.1) is 11.8 Å². The van der Waals surface area contributed by atoms with Crippen molar-refractivity contribution in [2.24, 2.45) is 30.4 Å². The molecule has 0 aliphatic heterocycles. The first kappa shape index (κ1) is 21.5. The minimum atomic E-state index is -2.46. The molecule has 0 saturated carbocycles. The highest BCUT2D eigenvalue weighted by Crippen LogP contribution is 2.27. The summed E-state index contributed by atoms with van der Waals surface area (Å²) in [5.74, 6) is -4.44. The van der Waals surface area contributed by atoms with E-state index in [0.717, 1.165) is 10.9 Å². The quantitative estimate of drug-likeness (QED) is 0.329. The lowest BCUT2D eigenvalue weighted by molar-refractivity contribution is -0.150. The molecule has 1 heterocycles. The van der Waals surface area contributed by atoms with Gasteiger partial charge in [-0.05, 0) is 18.1 Å². The van der Waals surface area contributed by atoms with Crippen LogP contribution >= 0.6 is 0 Å². The van der Waals surface area contributed by atoms with Crippen molar-refractivity contribution in [1.82, 2.24) is 4.57 Å². The van der Waals surface area contributed by atoms with Crippen molar-refractivity contribution in [2.45, 2.75) is 31.8 Å². The Morgan fingerprint density at radius 1 is 1.25 bits per heavy atom. The molecular formula is C20H25N3O5. The Balaban J connectivity index is 2.47. The third kappa shape index (κ3) is 3.61. The minimum Gasteiger partial charge on any atom is -0.480 e. The van der Waals surface area contributed by atoms with E-state index in [-0.39, 0.29) is 18.0 Å². The fourth-order valence-electron chi connectivity index (χ4n) is 3.46. The minimum absolute atomic E-state index is 0.259. The van der Waals surface area contributed by atoms with Gasteiger partial charge in [-0.3, -0.25) is 9.59 Å². The lowest BCUT2D eigenvalue weighted by Gasteiger charge is -2.30. The molecule has 1 unspecified atom stereocenters. The number of fused-ring (bicyclic) bond motifs is 1. The molecule has 2 rings (SSSR count). The highest BCUT2D eigenvalue weighted by Gasteiger charge is 2.48. The van der Waals surface area contributed by atoms with Gasteiger partial charge in [0.25, 0.3) is 0 Å². The second-order valence-corrected chi connectivity index (χ2v) is 7.32. The third-order valence-corrected chi connectivity index (χ3v) is 5.14. The Hall–Kier alpha value is -2.84. The second kappa shape index (κ2) is 8.04. The summed E-state index contributed by atoms with van der Waals surface area (Å²) in [6.07, 6.45) is -0.462. The number of nitrogens with zero attached hydrogens (tertiary/aromatic N) is 1. The first-order chi connectivity index (χ1) is 13.1. The largest absolute Gasteiger partial charge is 0.480 e. The van der Waals surface area contributed by atoms with E-state index in [0.29, 0.717) is 5.69 Å². The van der Waals surface area contributed by atoms with Crippen molar-refractivity contribution in [1.29, 1.82) is 0 Å². The molecule has 8 heteroatoms. The van der Waals surface area contributed by atoms with Gasteiger partial charge in [0.1, 0.15) is 6.29 Å². The highest BCUT2D eigenvalue weighted by molar-refractivity contribution is 6.13. The van der Waals surface area contributed by atoms with Gasteiger partial charge in [-0.2, -0.15) is 0 Å². The number of carboxylic acid groups (broad SMARTS) is 1. The summed E-state index contributed by atoms with van der Waals surface area (Å²) in [4.78, 5) is 48.4. The van der Waals surface area contributed by atoms with Crippen molar-refractivity contribution in [2.75, 3.05) is 0 Å². The van der Waals surface area contributed by atoms with Crippen LogP contribution in [0.15, 0.2) is 30.3 Å². The number of ketones is 2. The lowest BCUT2D eigenvalue weighted by Crippen LogP contribution is -2.63. The number of carbonyl (C=O) groups is 4. The number of Topliss-reactive ketones (excluding diaryl/α,β-unsaturated/α-hetero) is 2. The Morgan fingerprint density at radius 2 is 1.86 bits per heavy atom. The number of hydrogen-bond acceptors (Lipinski definition) is 6. The van der Waals surface area contributed by atoms with Crippen molar-refractivity contribution >= 4 is 34.7 Å². The molecule has 28 heavy (non-hydrogen) atoms. The summed E-state index contributed by atoms with van der Waals surface area (Å²) in [7, 11) is 1.73. The van der Waals surface area contributed by atoms with Crippen LogP contribution in [0.25, 0.3) is 10.9 Å². The van der Waals surface area contributed by atoms with Crippen LogP contribution < -0.4 is 11.5 Å². The van der Waals surface area contributed by atoms with Crippen molar-refractivity contribution in [3.8, 4) is 0 Å². The number of carboxylic acids is 1. The van der Waals surface area contributed by atoms with Crippen molar-refractivity contribution in [3.05, 3.63) is 36.0 Å². The summed E-state index contributed by atoms with van der Waals surface area (Å²) in [6.45, 7) is 3.44. The molecule has 2 aromatic rings. The number of rotatable bonds is 9. The number of para-hydroxylation sites is 1. The molecule has 1 aromatic heterocycles. The van der Waals surface area contributed by atoms with Crippen LogP contribution in [0.5, 0.6) is 0 Å². The van der Waals surface area contributed by atoms with Crippen molar-refractivity contribution < 1.29 is 24.3 Å². The zero-order valence-electron chi connectivity index (χ0n) is 16.1. The Morgan fingerprint density at radius 3 is 2.36 bits per heavy atom. The number of hydrogen-bond donors (Lipinski definition) is 3. The van der Waals surface area contributed by atoms with E-state index in [1.165, 1.54) is 0 Å². The van der Waals surface area contributed by atoms with Crippen LogP contribution in [0.1, 0.15) is 30.8 Å². The van der Waals surface area contributed by atoms with Crippen LogP contribution in [-0.2, 0) is 21.4 Å². The number of carbonyl (C=O) groups excluding carboxylic acids is 3. The summed E-state index contributed by atoms with van der Waals surface area (Å²) < 4.78 is 1.71. The number of nitrogens with two attached hydrogens (primary N) is 2. The molecular weight excluding hydrogens is 362 g/mol. The molecule has 0 fully saturated rings. The van der Waals surface area contributed by atoms with E-state index in [2.05, 4.69) is 0 Å². The lowest BCUT2D eigenvalue weighted by atomic mass is 9.76. The maximum atomic E-state index is 13.3. The fraction of sp³-hybridized carbons (Fsp3) is 0.400. The third-order valence-electron chi connectivity index (χ3n) is 5.14. The van der Waals surface area contributed by atoms with Gasteiger partial charge in [0.05, 0.1) is 11.7 Å². The number of aromatic nitrogens is 1. The first-order valence-corrected chi connectivity index (χ1v) is 8.90. The van der Waals surface area contributed by atoms with Gasteiger partial charge < -0.3 is 25.9 Å². The second-order valence-electron chi connectivity index (χ2n) is 7.32. The molecule has 8 nitrogen and oxygen atoms in total. The highest BCUT2D eigenvalue weighted by atomic mass is 16.4. The number of aliphatic carboxylic acids is 1. The number of aldehydes is 1. The van der Waals surface area contributed by atoms with E-state index in [4.69, 9.17) is 11.5 Å². The predicted octanol–water partition coefficient (Wildman–Crippen LogP) is 0.901. The zero-order valence-corrected chi connectivity index (χ0v) is 16.1. The standard InChI is InChI=1S/C20H25N3O5/c1-11(2)15(16(21)18(26)20(22,8-9-24)19(27)28)17(25)14-10-12-6-4-5-7-13(12)23(14)3/h4-7,9-11,15-16H,8,21-22H2,1-3H3,(H,27,28)/t15-,16-,20?/m0/s1. The molecule has 3 atom stereocenters. The van der Waals surface area contributed by atoms with Crippen LogP contribution in [0.3, 0.4) is 0 Å². The van der Waals surface area contributed by atoms with Crippen LogP contribution in [-0.4, -0.2) is 45.1 Å². The summed E-state index contributed by atoms with van der Waals surface area (Å²) in [6, 6.07) is 7.67. The van der Waals surface area contributed by atoms with E-state index in [1.54, 1.807) is 31.5 Å². The SMILES string of the molecule is CC(C)[C@H](C(=O)c1cc2ccccc2n1C)[C@H](N)C(=O)C(N)(CC=O)C(=O)O. The fourth-order valence-corrected chi connectivity index (χ4v) is 3.46. The zero-order chi connectivity index (χ0) is 21.2. The number of benzene rings is 1. The molecule has 0 saturated heterocycles. The molecule has 5 N–H and O–H groups in total. The smallest absolute Gasteiger partial charge is 0.331 e. The summed E-state index contributed by atoms with van der Waals surface area (Å²) in [5.41, 5.74) is 10.5. The molecule has 0 aliphatic rings. The average molecular weight is 387 g/mol. The normalized spacial score (nSPS) is 15.8. The van der Waals surface area contributed by atoms with Gasteiger partial charge in [-0.15, -0.1) is 0 Å². The molecule has 0 spiro atoms. The first-order valence-electron chi connectivity index (χ1n) is 8.90. The Labute approximate surface area is 162 Å². The van der Waals surface area contributed by atoms with Gasteiger partial charge in [-0.1, -0.05) is 32.0 Å². The van der Waals surface area contributed by atoms with Gasteiger partial charge in [0, 0.05) is 30.3 Å². The molecule has 0 bridgehead atoms. The van der Waals surface area contributed by atoms with Crippen LogP contribution in [0.4, 0.5) is 0 Å². The Kier molecular flexibility index (Phi) is 6.16. The maximum Gasteiger partial charge on any atom is 0.331 e. The van der Waals surface area contributed by atoms with Crippen molar-refractivity contribution in [3.63, 3.8) is 0 Å². The Bertz CT molecular complexity index is 933. The van der Waals surface area contributed by atoms with Gasteiger partial charge in [0.2, 0.25) is 0 Å². The van der Waals surface area contributed by atoms with Gasteiger partial charge in [0.15, 0.2) is 17.1 Å². The van der Waals surface area contributed by atoms with E-state index in [9.17, 15) is 24.3 Å². The van der Waals surface area contributed by atoms with Gasteiger partial charge in [-0.25, -0.2) is 4.79 Å². The van der Waals surface area contributed by atoms with Gasteiger partial charge >= 0.3 is 5.97 Å². The monoisotopic (exact) mass is 387 g/mol. The van der Waals surface area contributed by atoms with Crippen LogP contribution in [0.2, 0.25) is 0 Å². The maximum absolute atomic E-state index is 13.3. The average Bonchev–Trinajstić information content (AvgIpc) is 2.97. The summed E-state index contributed by atoms with van der Waals surface area (Å²) >= 11 is 0. The summed E-state index contributed by atoms with van der Waals surface area (Å²) in [5, 5.41) is 10.2. The van der Waals surface area contributed by atoms with E-state index >= 15 is 0 Å². The van der Waals surface area contributed by atoms with E-state index in [1.807, 2.05) is 24.3 Å².